The number of rotatable bonds is 6. The molecule has 0 atom stereocenters. The fourth-order valence-electron chi connectivity index (χ4n) is 2.45. The van der Waals surface area contributed by atoms with Crippen LogP contribution in [0.15, 0.2) is 64.9 Å². The molecular weight excluding hydrogens is 384 g/mol. The molecule has 0 aliphatic rings. The molecule has 1 heterocycles. The predicted molar refractivity (Wildman–Crippen MR) is 109 cm³/mol. The maximum atomic E-state index is 12.2. The molecule has 0 saturated carbocycles. The van der Waals surface area contributed by atoms with E-state index in [2.05, 4.69) is 10.3 Å². The second kappa shape index (κ2) is 8.07. The van der Waals surface area contributed by atoms with Crippen LogP contribution in [0.2, 0.25) is 0 Å². The number of hydrogen-bond donors (Lipinski definition) is 1. The van der Waals surface area contributed by atoms with Gasteiger partial charge in [0.05, 0.1) is 5.01 Å². The zero-order chi connectivity index (χ0) is 18.6. The van der Waals surface area contributed by atoms with E-state index in [0.717, 1.165) is 16.1 Å². The fourth-order valence-corrected chi connectivity index (χ4v) is 5.03. The van der Waals surface area contributed by atoms with Gasteiger partial charge in [-0.2, -0.15) is 0 Å². The molecule has 26 heavy (non-hydrogen) atoms. The molecule has 3 aromatic rings. The normalized spacial score (nSPS) is 11.3. The molecule has 0 aliphatic carbocycles. The molecule has 7 heteroatoms. The summed E-state index contributed by atoms with van der Waals surface area (Å²) in [6, 6.07) is 19.6. The highest BCUT2D eigenvalue weighted by atomic mass is 32.2. The summed E-state index contributed by atoms with van der Waals surface area (Å²) in [7, 11) is -3.40. The van der Waals surface area contributed by atoms with Gasteiger partial charge in [0.1, 0.15) is 14.9 Å². The zero-order valence-electron chi connectivity index (χ0n) is 14.2. The van der Waals surface area contributed by atoms with Gasteiger partial charge in [0.25, 0.3) is 0 Å². The van der Waals surface area contributed by atoms with Crippen LogP contribution in [-0.4, -0.2) is 24.6 Å². The number of thiocarbonyl (C=S) groups is 1. The van der Waals surface area contributed by atoms with E-state index in [0.29, 0.717) is 23.6 Å². The lowest BCUT2D eigenvalue weighted by Crippen LogP contribution is -2.23. The molecule has 0 unspecified atom stereocenters. The van der Waals surface area contributed by atoms with Crippen molar-refractivity contribution in [3.63, 3.8) is 0 Å². The largest absolute Gasteiger partial charge is 0.370 e. The Morgan fingerprint density at radius 1 is 1.04 bits per heavy atom. The molecular formula is C19H18N2O2S3. The lowest BCUT2D eigenvalue weighted by atomic mass is 10.2. The molecule has 0 bridgehead atoms. The summed E-state index contributed by atoms with van der Waals surface area (Å²) < 4.78 is 24.6. The van der Waals surface area contributed by atoms with E-state index < -0.39 is 9.84 Å². The average molecular weight is 403 g/mol. The highest BCUT2D eigenvalue weighted by Gasteiger charge is 2.23. The van der Waals surface area contributed by atoms with E-state index in [4.69, 9.17) is 12.2 Å². The molecule has 1 aromatic heterocycles. The van der Waals surface area contributed by atoms with Gasteiger partial charge in [-0.1, -0.05) is 72.9 Å². The van der Waals surface area contributed by atoms with Crippen molar-refractivity contribution in [2.75, 3.05) is 6.26 Å². The Bertz CT molecular complexity index is 998. The summed E-state index contributed by atoms with van der Waals surface area (Å²) in [6.07, 6.45) is 1.77. The highest BCUT2D eigenvalue weighted by molar-refractivity contribution is 7.93. The first-order valence-electron chi connectivity index (χ1n) is 7.99. The van der Waals surface area contributed by atoms with Crippen LogP contribution in [0.4, 0.5) is 0 Å². The average Bonchev–Trinajstić information content (AvgIpc) is 3.06. The predicted octanol–water partition coefficient (Wildman–Crippen LogP) is 3.60. The lowest BCUT2D eigenvalue weighted by Gasteiger charge is -2.07. The van der Waals surface area contributed by atoms with E-state index >= 15 is 0 Å². The molecule has 0 spiro atoms. The van der Waals surface area contributed by atoms with Crippen molar-refractivity contribution in [1.29, 1.82) is 0 Å². The first-order valence-corrected chi connectivity index (χ1v) is 11.1. The summed E-state index contributed by atoms with van der Waals surface area (Å²) >= 11 is 6.61. The number of nitrogens with zero attached hydrogens (tertiary/aromatic N) is 1. The molecule has 0 aliphatic heterocycles. The SMILES string of the molecule is CS(=O)(=O)c1sc(Cc2ccccc2)nc1C(=S)NCc1ccccc1. The van der Waals surface area contributed by atoms with E-state index in [9.17, 15) is 8.42 Å². The van der Waals surface area contributed by atoms with Gasteiger partial charge in [0.2, 0.25) is 0 Å². The van der Waals surface area contributed by atoms with Crippen LogP contribution < -0.4 is 5.32 Å². The van der Waals surface area contributed by atoms with Crippen LogP contribution in [0, 0.1) is 0 Å². The van der Waals surface area contributed by atoms with Crippen molar-refractivity contribution >= 4 is 38.4 Å². The minimum Gasteiger partial charge on any atom is -0.370 e. The third kappa shape index (κ3) is 4.75. The Hall–Kier alpha value is -2.09. The van der Waals surface area contributed by atoms with Crippen LogP contribution >= 0.6 is 23.6 Å². The van der Waals surface area contributed by atoms with Gasteiger partial charge < -0.3 is 5.32 Å². The van der Waals surface area contributed by atoms with Gasteiger partial charge in [-0.3, -0.25) is 0 Å². The summed E-state index contributed by atoms with van der Waals surface area (Å²) in [5, 5.41) is 3.85. The zero-order valence-corrected chi connectivity index (χ0v) is 16.6. The van der Waals surface area contributed by atoms with Crippen molar-refractivity contribution in [2.45, 2.75) is 17.2 Å². The van der Waals surface area contributed by atoms with Crippen molar-refractivity contribution in [3.8, 4) is 0 Å². The van der Waals surface area contributed by atoms with Gasteiger partial charge >= 0.3 is 0 Å². The standard InChI is InChI=1S/C19H18N2O2S3/c1-26(22,23)19-17(18(24)20-13-15-10-6-3-7-11-15)21-16(25-19)12-14-8-4-2-5-9-14/h2-11H,12-13H2,1H3,(H,20,24). The summed E-state index contributed by atoms with van der Waals surface area (Å²) in [5.41, 5.74) is 2.49. The second-order valence-corrected chi connectivity index (χ2v) is 9.55. The molecule has 134 valence electrons. The van der Waals surface area contributed by atoms with Crippen LogP contribution in [-0.2, 0) is 22.8 Å². The van der Waals surface area contributed by atoms with Crippen LogP contribution in [0.1, 0.15) is 21.8 Å². The Labute approximate surface area is 162 Å². The summed E-state index contributed by atoms with van der Waals surface area (Å²) in [4.78, 5) is 4.87. The molecule has 2 aromatic carbocycles. The third-order valence-electron chi connectivity index (χ3n) is 3.69. The van der Waals surface area contributed by atoms with Crippen molar-refractivity contribution in [3.05, 3.63) is 82.5 Å². The molecule has 0 amide bonds. The number of nitrogens with one attached hydrogen (secondary N) is 1. The maximum absolute atomic E-state index is 12.2. The van der Waals surface area contributed by atoms with E-state index in [1.54, 1.807) is 0 Å². The van der Waals surface area contributed by atoms with Crippen LogP contribution in [0.3, 0.4) is 0 Å². The van der Waals surface area contributed by atoms with Crippen LogP contribution in [0.5, 0.6) is 0 Å². The molecule has 3 rings (SSSR count). The number of hydrogen-bond acceptors (Lipinski definition) is 5. The first-order chi connectivity index (χ1) is 12.4. The van der Waals surface area contributed by atoms with Gasteiger partial charge in [-0.05, 0) is 11.1 Å². The monoisotopic (exact) mass is 402 g/mol. The van der Waals surface area contributed by atoms with Crippen molar-refractivity contribution in [1.82, 2.24) is 10.3 Å². The summed E-state index contributed by atoms with van der Waals surface area (Å²) in [5.74, 6) is 0. The summed E-state index contributed by atoms with van der Waals surface area (Å²) in [6.45, 7) is 0.522. The molecule has 0 fully saturated rings. The van der Waals surface area contributed by atoms with Gasteiger partial charge in [-0.15, -0.1) is 11.3 Å². The second-order valence-electron chi connectivity index (χ2n) is 5.85. The smallest absolute Gasteiger partial charge is 0.187 e. The molecule has 1 N–H and O–H groups in total. The van der Waals surface area contributed by atoms with E-state index in [1.165, 1.54) is 17.6 Å². The number of aromatic nitrogens is 1. The van der Waals surface area contributed by atoms with Gasteiger partial charge in [0, 0.05) is 19.2 Å². The number of benzene rings is 2. The topological polar surface area (TPSA) is 59.1 Å². The maximum Gasteiger partial charge on any atom is 0.187 e. The van der Waals surface area contributed by atoms with Crippen molar-refractivity contribution in [2.24, 2.45) is 0 Å². The van der Waals surface area contributed by atoms with Gasteiger partial charge in [-0.25, -0.2) is 13.4 Å². The molecule has 0 saturated heterocycles. The number of thiazole rings is 1. The van der Waals surface area contributed by atoms with Crippen LogP contribution in [0.25, 0.3) is 0 Å². The Morgan fingerprint density at radius 2 is 1.62 bits per heavy atom. The minimum atomic E-state index is -3.40. The molecule has 0 radical (unpaired) electrons. The minimum absolute atomic E-state index is 0.217. The Kier molecular flexibility index (Phi) is 5.80. The number of sulfone groups is 1. The first kappa shape index (κ1) is 18.7. The van der Waals surface area contributed by atoms with E-state index in [-0.39, 0.29) is 4.21 Å². The fraction of sp³-hybridized carbons (Fsp3) is 0.158. The van der Waals surface area contributed by atoms with Crippen molar-refractivity contribution < 1.29 is 8.42 Å². The quantitative estimate of drug-likeness (QED) is 0.639. The van der Waals surface area contributed by atoms with Gasteiger partial charge in [0.15, 0.2) is 9.84 Å². The molecule has 4 nitrogen and oxygen atoms in total. The Balaban J connectivity index is 1.83. The van der Waals surface area contributed by atoms with E-state index in [1.807, 2.05) is 60.7 Å². The lowest BCUT2D eigenvalue weighted by molar-refractivity contribution is 0.603. The highest BCUT2D eigenvalue weighted by Crippen LogP contribution is 2.26. The third-order valence-corrected chi connectivity index (χ3v) is 6.90. The Morgan fingerprint density at radius 3 is 2.19 bits per heavy atom.